The van der Waals surface area contributed by atoms with Crippen LogP contribution < -0.4 is 5.32 Å². The van der Waals surface area contributed by atoms with Crippen LogP contribution in [0.2, 0.25) is 0 Å². The van der Waals surface area contributed by atoms with Crippen LogP contribution in [0.5, 0.6) is 0 Å². The number of hydrogen-bond donors (Lipinski definition) is 2. The van der Waals surface area contributed by atoms with Crippen LogP contribution >= 0.6 is 11.8 Å². The first-order chi connectivity index (χ1) is 7.69. The molecule has 0 saturated heterocycles. The summed E-state index contributed by atoms with van der Waals surface area (Å²) in [6, 6.07) is 0.724. The Balaban J connectivity index is 2.24. The quantitative estimate of drug-likeness (QED) is 0.723. The van der Waals surface area contributed by atoms with Crippen molar-refractivity contribution in [1.29, 1.82) is 0 Å². The molecule has 2 nitrogen and oxygen atoms in total. The van der Waals surface area contributed by atoms with E-state index >= 15 is 0 Å². The fraction of sp³-hybridized carbons (Fsp3) is 1.00. The molecule has 4 unspecified atom stereocenters. The average Bonchev–Trinajstić information content (AvgIpc) is 2.64. The molecule has 96 valence electrons. The molecular formula is C13H27NOS. The number of rotatable bonds is 7. The van der Waals surface area contributed by atoms with Crippen LogP contribution in [0.25, 0.3) is 0 Å². The monoisotopic (exact) mass is 245 g/mol. The number of aliphatic hydroxyl groups is 1. The molecule has 0 spiro atoms. The van der Waals surface area contributed by atoms with E-state index < -0.39 is 0 Å². The Labute approximate surface area is 105 Å². The van der Waals surface area contributed by atoms with E-state index in [0.29, 0.717) is 12.5 Å². The van der Waals surface area contributed by atoms with E-state index in [0.717, 1.165) is 29.5 Å². The fourth-order valence-corrected chi connectivity index (χ4v) is 3.80. The predicted octanol–water partition coefficient (Wildman–Crippen LogP) is 2.51. The molecule has 4 atom stereocenters. The molecule has 1 saturated carbocycles. The Hall–Kier alpha value is 0.270. The zero-order valence-corrected chi connectivity index (χ0v) is 11.7. The van der Waals surface area contributed by atoms with Gasteiger partial charge in [0.25, 0.3) is 0 Å². The van der Waals surface area contributed by atoms with Crippen molar-refractivity contribution >= 4 is 11.8 Å². The van der Waals surface area contributed by atoms with E-state index in [1.807, 2.05) is 0 Å². The van der Waals surface area contributed by atoms with E-state index in [4.69, 9.17) is 5.11 Å². The van der Waals surface area contributed by atoms with Gasteiger partial charge in [-0.1, -0.05) is 20.8 Å². The first kappa shape index (κ1) is 14.3. The van der Waals surface area contributed by atoms with Crippen LogP contribution in [0.1, 0.15) is 40.0 Å². The second kappa shape index (κ2) is 7.57. The smallest absolute Gasteiger partial charge is 0.0464 e. The minimum atomic E-state index is 0.325. The van der Waals surface area contributed by atoms with Gasteiger partial charge in [-0.3, -0.25) is 0 Å². The lowest BCUT2D eigenvalue weighted by Gasteiger charge is -2.22. The lowest BCUT2D eigenvalue weighted by molar-refractivity contribution is 0.250. The van der Waals surface area contributed by atoms with Crippen molar-refractivity contribution in [3.05, 3.63) is 0 Å². The predicted molar refractivity (Wildman–Crippen MR) is 73.0 cm³/mol. The largest absolute Gasteiger partial charge is 0.396 e. The maximum atomic E-state index is 9.02. The van der Waals surface area contributed by atoms with Gasteiger partial charge in [0.2, 0.25) is 0 Å². The summed E-state index contributed by atoms with van der Waals surface area (Å²) < 4.78 is 0. The Kier molecular flexibility index (Phi) is 6.78. The van der Waals surface area contributed by atoms with Crippen molar-refractivity contribution in [2.45, 2.75) is 51.3 Å². The zero-order valence-electron chi connectivity index (χ0n) is 10.9. The van der Waals surface area contributed by atoms with Gasteiger partial charge in [-0.05, 0) is 43.4 Å². The van der Waals surface area contributed by atoms with Gasteiger partial charge in [0.1, 0.15) is 0 Å². The third kappa shape index (κ3) is 4.27. The molecule has 1 rings (SSSR count). The highest BCUT2D eigenvalue weighted by Crippen LogP contribution is 2.35. The van der Waals surface area contributed by atoms with Gasteiger partial charge in [0.15, 0.2) is 0 Å². The van der Waals surface area contributed by atoms with E-state index in [9.17, 15) is 0 Å². The zero-order chi connectivity index (χ0) is 12.0. The van der Waals surface area contributed by atoms with Crippen LogP contribution in [0.15, 0.2) is 0 Å². The second-order valence-corrected chi connectivity index (χ2v) is 6.43. The van der Waals surface area contributed by atoms with Crippen LogP contribution in [-0.2, 0) is 0 Å². The van der Waals surface area contributed by atoms with Gasteiger partial charge in [0.05, 0.1) is 0 Å². The SMILES string of the molecule is CCCNC1CCC(SCC(C)CO)C1C. The summed E-state index contributed by atoms with van der Waals surface area (Å²) in [5.41, 5.74) is 0. The molecule has 3 heteroatoms. The topological polar surface area (TPSA) is 32.3 Å². The third-order valence-corrected chi connectivity index (χ3v) is 5.40. The highest BCUT2D eigenvalue weighted by atomic mass is 32.2. The van der Waals surface area contributed by atoms with Gasteiger partial charge in [0, 0.05) is 17.9 Å². The van der Waals surface area contributed by atoms with E-state index in [-0.39, 0.29) is 0 Å². The molecule has 1 fully saturated rings. The Bertz CT molecular complexity index is 189. The van der Waals surface area contributed by atoms with Gasteiger partial charge >= 0.3 is 0 Å². The number of hydrogen-bond acceptors (Lipinski definition) is 3. The van der Waals surface area contributed by atoms with Crippen LogP contribution in [0.3, 0.4) is 0 Å². The van der Waals surface area contributed by atoms with Gasteiger partial charge in [-0.2, -0.15) is 11.8 Å². The Morgan fingerprint density at radius 1 is 1.44 bits per heavy atom. The van der Waals surface area contributed by atoms with Crippen molar-refractivity contribution < 1.29 is 5.11 Å². The standard InChI is InChI=1S/C13H27NOS/c1-4-7-14-12-5-6-13(11(12)3)16-9-10(2)8-15/h10-15H,4-9H2,1-3H3. The van der Waals surface area contributed by atoms with Crippen molar-refractivity contribution in [2.75, 3.05) is 18.9 Å². The highest BCUT2D eigenvalue weighted by molar-refractivity contribution is 7.99. The minimum Gasteiger partial charge on any atom is -0.396 e. The Morgan fingerprint density at radius 3 is 2.81 bits per heavy atom. The second-order valence-electron chi connectivity index (χ2n) is 5.16. The summed E-state index contributed by atoms with van der Waals surface area (Å²) in [6.45, 7) is 8.20. The van der Waals surface area contributed by atoms with Crippen LogP contribution in [0.4, 0.5) is 0 Å². The Morgan fingerprint density at radius 2 is 2.19 bits per heavy atom. The minimum absolute atomic E-state index is 0.325. The van der Waals surface area contributed by atoms with Crippen LogP contribution in [0, 0.1) is 11.8 Å². The molecule has 0 aromatic heterocycles. The summed E-state index contributed by atoms with van der Waals surface area (Å²) in [5, 5.41) is 13.5. The highest BCUT2D eigenvalue weighted by Gasteiger charge is 2.32. The summed E-state index contributed by atoms with van der Waals surface area (Å²) in [6.07, 6.45) is 3.89. The molecule has 0 aromatic rings. The molecule has 1 aliphatic rings. The molecule has 0 aliphatic heterocycles. The van der Waals surface area contributed by atoms with Gasteiger partial charge < -0.3 is 10.4 Å². The summed E-state index contributed by atoms with van der Waals surface area (Å²) in [4.78, 5) is 0. The molecule has 0 radical (unpaired) electrons. The van der Waals surface area contributed by atoms with E-state index in [1.165, 1.54) is 19.3 Å². The third-order valence-electron chi connectivity index (χ3n) is 3.55. The maximum Gasteiger partial charge on any atom is 0.0464 e. The number of aliphatic hydroxyl groups excluding tert-OH is 1. The van der Waals surface area contributed by atoms with Crippen molar-refractivity contribution in [2.24, 2.45) is 11.8 Å². The summed E-state index contributed by atoms with van der Waals surface area (Å²) in [7, 11) is 0. The molecule has 2 N–H and O–H groups in total. The summed E-state index contributed by atoms with van der Waals surface area (Å²) in [5.74, 6) is 2.33. The molecule has 0 bridgehead atoms. The molecular weight excluding hydrogens is 218 g/mol. The van der Waals surface area contributed by atoms with Crippen LogP contribution in [-0.4, -0.2) is 35.3 Å². The molecule has 0 amide bonds. The number of nitrogens with one attached hydrogen (secondary N) is 1. The maximum absolute atomic E-state index is 9.02. The first-order valence-corrected chi connectivity index (χ1v) is 7.69. The van der Waals surface area contributed by atoms with E-state index in [1.54, 1.807) is 0 Å². The van der Waals surface area contributed by atoms with Crippen molar-refractivity contribution in [3.8, 4) is 0 Å². The number of thioether (sulfide) groups is 1. The average molecular weight is 245 g/mol. The molecule has 1 aliphatic carbocycles. The summed E-state index contributed by atoms with van der Waals surface area (Å²) >= 11 is 2.06. The normalized spacial score (nSPS) is 31.9. The van der Waals surface area contributed by atoms with Crippen molar-refractivity contribution in [3.63, 3.8) is 0 Å². The molecule has 0 aromatic carbocycles. The lowest BCUT2D eigenvalue weighted by Crippen LogP contribution is -2.33. The lowest BCUT2D eigenvalue weighted by atomic mass is 10.1. The van der Waals surface area contributed by atoms with Gasteiger partial charge in [-0.15, -0.1) is 0 Å². The van der Waals surface area contributed by atoms with Crippen molar-refractivity contribution in [1.82, 2.24) is 5.32 Å². The fourth-order valence-electron chi connectivity index (χ4n) is 2.32. The van der Waals surface area contributed by atoms with Gasteiger partial charge in [-0.25, -0.2) is 0 Å². The molecule has 0 heterocycles. The first-order valence-electron chi connectivity index (χ1n) is 6.64. The molecule has 16 heavy (non-hydrogen) atoms. The van der Waals surface area contributed by atoms with E-state index in [2.05, 4.69) is 37.8 Å².